The monoisotopic (exact) mass is 107 g/mol. The lowest BCUT2D eigenvalue weighted by Crippen LogP contribution is -1.98. The third-order valence-electron chi connectivity index (χ3n) is 0.884. The smallest absolute Gasteiger partial charge is 0.0250 e. The van der Waals surface area contributed by atoms with Gasteiger partial charge in [0.05, 0.1) is 0 Å². The molecule has 1 aliphatic heterocycles. The van der Waals surface area contributed by atoms with E-state index in [1.54, 1.807) is 0 Å². The van der Waals surface area contributed by atoms with Gasteiger partial charge in [0, 0.05) is 12.1 Å². The second-order valence-corrected chi connectivity index (χ2v) is 2.24. The molecule has 0 spiro atoms. The van der Waals surface area contributed by atoms with E-state index < -0.39 is 0 Å². The SMILES string of the molecule is CC1(C)CN1.Cl. The Morgan fingerprint density at radius 3 is 1.67 bits per heavy atom. The Hall–Kier alpha value is 0.250. The van der Waals surface area contributed by atoms with Crippen LogP contribution in [0.5, 0.6) is 0 Å². The Bertz CT molecular complexity index is 45.5. The molecule has 0 saturated carbocycles. The average Bonchev–Trinajstić information content (AvgIpc) is 1.76. The first-order valence-corrected chi connectivity index (χ1v) is 1.96. The summed E-state index contributed by atoms with van der Waals surface area (Å²) in [5.74, 6) is 0. The van der Waals surface area contributed by atoms with E-state index in [2.05, 4.69) is 19.2 Å². The predicted molar refractivity (Wildman–Crippen MR) is 29.3 cm³/mol. The molecule has 1 saturated heterocycles. The predicted octanol–water partition coefficient (Wildman–Crippen LogP) is 0.790. The van der Waals surface area contributed by atoms with E-state index in [0.29, 0.717) is 5.54 Å². The zero-order chi connectivity index (χ0) is 3.91. The molecule has 0 aromatic heterocycles. The highest BCUT2D eigenvalue weighted by Crippen LogP contribution is 2.11. The van der Waals surface area contributed by atoms with E-state index in [1.165, 1.54) is 6.54 Å². The molecule has 1 aliphatic rings. The van der Waals surface area contributed by atoms with Gasteiger partial charge in [-0.05, 0) is 13.8 Å². The summed E-state index contributed by atoms with van der Waals surface area (Å²) in [5, 5.41) is 3.17. The molecule has 1 N–H and O–H groups in total. The van der Waals surface area contributed by atoms with Gasteiger partial charge >= 0.3 is 0 Å². The van der Waals surface area contributed by atoms with Gasteiger partial charge in [-0.3, -0.25) is 0 Å². The fourth-order valence-electron chi connectivity index (χ4n) is 0.177. The summed E-state index contributed by atoms with van der Waals surface area (Å²) in [6.45, 7) is 5.58. The van der Waals surface area contributed by atoms with Crippen LogP contribution in [0.15, 0.2) is 0 Å². The zero-order valence-electron chi connectivity index (χ0n) is 4.12. The minimum atomic E-state index is 0. The standard InChI is InChI=1S/C4H9N.ClH/c1-4(2)3-5-4;/h5H,3H2,1-2H3;1H. The van der Waals surface area contributed by atoms with Gasteiger partial charge in [0.15, 0.2) is 0 Å². The summed E-state index contributed by atoms with van der Waals surface area (Å²) in [6.07, 6.45) is 0. The molecule has 0 atom stereocenters. The lowest BCUT2D eigenvalue weighted by Gasteiger charge is -1.84. The number of rotatable bonds is 0. The summed E-state index contributed by atoms with van der Waals surface area (Å²) >= 11 is 0. The van der Waals surface area contributed by atoms with Crippen LogP contribution in [0.3, 0.4) is 0 Å². The van der Waals surface area contributed by atoms with E-state index in [0.717, 1.165) is 0 Å². The molecule has 0 aliphatic carbocycles. The summed E-state index contributed by atoms with van der Waals surface area (Å²) in [7, 11) is 0. The van der Waals surface area contributed by atoms with Crippen molar-refractivity contribution in [2.24, 2.45) is 0 Å². The second-order valence-electron chi connectivity index (χ2n) is 2.24. The van der Waals surface area contributed by atoms with Crippen molar-refractivity contribution < 1.29 is 0 Å². The maximum absolute atomic E-state index is 3.17. The molecule has 0 unspecified atom stereocenters. The van der Waals surface area contributed by atoms with Crippen LogP contribution in [0.2, 0.25) is 0 Å². The van der Waals surface area contributed by atoms with Gasteiger partial charge in [0.25, 0.3) is 0 Å². The van der Waals surface area contributed by atoms with Crippen LogP contribution in [-0.4, -0.2) is 12.1 Å². The summed E-state index contributed by atoms with van der Waals surface area (Å²) in [4.78, 5) is 0. The lowest BCUT2D eigenvalue weighted by atomic mass is 10.3. The molecular weight excluding hydrogens is 97.5 g/mol. The topological polar surface area (TPSA) is 21.9 Å². The van der Waals surface area contributed by atoms with Crippen molar-refractivity contribution in [3.05, 3.63) is 0 Å². The molecule has 1 nitrogen and oxygen atoms in total. The van der Waals surface area contributed by atoms with Gasteiger partial charge in [-0.2, -0.15) is 0 Å². The van der Waals surface area contributed by atoms with E-state index >= 15 is 0 Å². The first kappa shape index (κ1) is 6.25. The quantitative estimate of drug-likeness (QED) is 0.455. The van der Waals surface area contributed by atoms with Crippen molar-refractivity contribution in [1.82, 2.24) is 5.32 Å². The van der Waals surface area contributed by atoms with Gasteiger partial charge in [-0.25, -0.2) is 0 Å². The van der Waals surface area contributed by atoms with Crippen LogP contribution in [0.25, 0.3) is 0 Å². The molecule has 38 valence electrons. The molecule has 1 rings (SSSR count). The Morgan fingerprint density at radius 1 is 1.50 bits per heavy atom. The number of halogens is 1. The normalized spacial score (nSPS) is 25.0. The molecular formula is C4H10ClN. The van der Waals surface area contributed by atoms with Gasteiger partial charge in [-0.1, -0.05) is 0 Å². The third kappa shape index (κ3) is 1.63. The van der Waals surface area contributed by atoms with Crippen molar-refractivity contribution >= 4 is 12.4 Å². The van der Waals surface area contributed by atoms with E-state index in [1.807, 2.05) is 0 Å². The summed E-state index contributed by atoms with van der Waals surface area (Å²) in [5.41, 5.74) is 0.500. The molecule has 2 heteroatoms. The molecule has 1 heterocycles. The fourth-order valence-corrected chi connectivity index (χ4v) is 0.177. The van der Waals surface area contributed by atoms with Gasteiger partial charge in [-0.15, -0.1) is 12.4 Å². The Morgan fingerprint density at radius 2 is 1.67 bits per heavy atom. The first-order chi connectivity index (χ1) is 2.21. The number of nitrogens with one attached hydrogen (secondary N) is 1. The highest BCUT2D eigenvalue weighted by Gasteiger charge is 2.29. The highest BCUT2D eigenvalue weighted by atomic mass is 35.5. The summed E-state index contributed by atoms with van der Waals surface area (Å²) in [6, 6.07) is 0. The van der Waals surface area contributed by atoms with E-state index in [-0.39, 0.29) is 12.4 Å². The molecule has 0 radical (unpaired) electrons. The summed E-state index contributed by atoms with van der Waals surface area (Å²) < 4.78 is 0. The number of hydrogen-bond donors (Lipinski definition) is 1. The minimum Gasteiger partial charge on any atom is -0.309 e. The first-order valence-electron chi connectivity index (χ1n) is 1.96. The average molecular weight is 108 g/mol. The van der Waals surface area contributed by atoms with Crippen molar-refractivity contribution in [3.63, 3.8) is 0 Å². The second kappa shape index (κ2) is 1.39. The molecule has 0 aromatic carbocycles. The van der Waals surface area contributed by atoms with Crippen LogP contribution in [-0.2, 0) is 0 Å². The Labute approximate surface area is 44.5 Å². The van der Waals surface area contributed by atoms with Gasteiger partial charge in [0.2, 0.25) is 0 Å². The minimum absolute atomic E-state index is 0. The molecule has 0 amide bonds. The molecule has 0 aromatic rings. The maximum Gasteiger partial charge on any atom is 0.0250 e. The van der Waals surface area contributed by atoms with Gasteiger partial charge < -0.3 is 5.32 Å². The number of hydrogen-bond acceptors (Lipinski definition) is 1. The Balaban J connectivity index is 0.000000250. The molecule has 0 bridgehead atoms. The van der Waals surface area contributed by atoms with E-state index in [4.69, 9.17) is 0 Å². The van der Waals surface area contributed by atoms with Gasteiger partial charge in [0.1, 0.15) is 0 Å². The van der Waals surface area contributed by atoms with E-state index in [9.17, 15) is 0 Å². The largest absolute Gasteiger partial charge is 0.309 e. The van der Waals surface area contributed by atoms with Crippen LogP contribution >= 0.6 is 12.4 Å². The van der Waals surface area contributed by atoms with Crippen molar-refractivity contribution in [3.8, 4) is 0 Å². The van der Waals surface area contributed by atoms with Crippen molar-refractivity contribution in [2.75, 3.05) is 6.54 Å². The van der Waals surface area contributed by atoms with Crippen LogP contribution < -0.4 is 5.32 Å². The Kier molecular flexibility index (Phi) is 1.45. The molecule has 1 fully saturated rings. The van der Waals surface area contributed by atoms with Crippen LogP contribution in [0.4, 0.5) is 0 Å². The van der Waals surface area contributed by atoms with Crippen molar-refractivity contribution in [1.29, 1.82) is 0 Å². The van der Waals surface area contributed by atoms with Crippen LogP contribution in [0, 0.1) is 0 Å². The lowest BCUT2D eigenvalue weighted by molar-refractivity contribution is 0.786. The third-order valence-corrected chi connectivity index (χ3v) is 0.884. The molecule has 6 heavy (non-hydrogen) atoms. The highest BCUT2D eigenvalue weighted by molar-refractivity contribution is 5.85. The fraction of sp³-hybridized carbons (Fsp3) is 1.00. The zero-order valence-corrected chi connectivity index (χ0v) is 4.93. The van der Waals surface area contributed by atoms with Crippen LogP contribution in [0.1, 0.15) is 13.8 Å². The van der Waals surface area contributed by atoms with Crippen molar-refractivity contribution in [2.45, 2.75) is 19.4 Å². The maximum atomic E-state index is 3.17.